The third kappa shape index (κ3) is 3.55. The normalized spacial score (nSPS) is 11.0. The van der Waals surface area contributed by atoms with Crippen molar-refractivity contribution in [3.63, 3.8) is 0 Å². The summed E-state index contributed by atoms with van der Waals surface area (Å²) in [6.45, 7) is 0. The maximum absolute atomic E-state index is 5.68. The SMILES string of the molecule is Cn1cc[n+](C)c1N=Nc1ccc(Nc2ccc(N)cc2)cc1. The van der Waals surface area contributed by atoms with Gasteiger partial charge < -0.3 is 11.1 Å². The molecular weight excluding hydrogens is 288 g/mol. The van der Waals surface area contributed by atoms with E-state index in [1.165, 1.54) is 0 Å². The summed E-state index contributed by atoms with van der Waals surface area (Å²) in [7, 11) is 3.88. The highest BCUT2D eigenvalue weighted by molar-refractivity contribution is 5.63. The van der Waals surface area contributed by atoms with Crippen molar-refractivity contribution in [1.29, 1.82) is 0 Å². The van der Waals surface area contributed by atoms with E-state index in [9.17, 15) is 0 Å². The van der Waals surface area contributed by atoms with E-state index in [4.69, 9.17) is 5.73 Å². The van der Waals surface area contributed by atoms with E-state index < -0.39 is 0 Å². The van der Waals surface area contributed by atoms with Crippen molar-refractivity contribution < 1.29 is 4.57 Å². The third-order valence-electron chi connectivity index (χ3n) is 3.47. The molecule has 0 unspecified atom stereocenters. The Kier molecular flexibility index (Phi) is 4.05. The average Bonchev–Trinajstić information content (AvgIpc) is 2.88. The van der Waals surface area contributed by atoms with Gasteiger partial charge in [-0.3, -0.25) is 0 Å². The van der Waals surface area contributed by atoms with E-state index in [1.807, 2.05) is 84.2 Å². The van der Waals surface area contributed by atoms with Crippen LogP contribution in [0.4, 0.5) is 28.7 Å². The molecule has 0 aliphatic rings. The van der Waals surface area contributed by atoms with Crippen LogP contribution >= 0.6 is 0 Å². The van der Waals surface area contributed by atoms with Crippen molar-refractivity contribution in [3.8, 4) is 0 Å². The van der Waals surface area contributed by atoms with E-state index in [0.717, 1.165) is 28.7 Å². The molecule has 116 valence electrons. The maximum atomic E-state index is 5.68. The molecule has 0 amide bonds. The zero-order chi connectivity index (χ0) is 16.2. The minimum Gasteiger partial charge on any atom is -0.399 e. The van der Waals surface area contributed by atoms with Crippen molar-refractivity contribution in [2.75, 3.05) is 11.1 Å². The fraction of sp³-hybridized carbons (Fsp3) is 0.118. The van der Waals surface area contributed by atoms with Crippen molar-refractivity contribution in [2.45, 2.75) is 0 Å². The lowest BCUT2D eigenvalue weighted by Gasteiger charge is -2.06. The van der Waals surface area contributed by atoms with Crippen LogP contribution in [0.15, 0.2) is 71.2 Å². The maximum Gasteiger partial charge on any atom is 0.421 e. The first-order chi connectivity index (χ1) is 11.1. The average molecular weight is 307 g/mol. The van der Waals surface area contributed by atoms with Crippen molar-refractivity contribution in [3.05, 3.63) is 60.9 Å². The molecule has 0 aliphatic heterocycles. The van der Waals surface area contributed by atoms with Crippen molar-refractivity contribution in [2.24, 2.45) is 24.3 Å². The topological polar surface area (TPSA) is 71.6 Å². The Labute approximate surface area is 134 Å². The Morgan fingerprint density at radius 1 is 0.957 bits per heavy atom. The molecule has 0 saturated carbocycles. The second-order valence-corrected chi connectivity index (χ2v) is 5.31. The van der Waals surface area contributed by atoms with Crippen LogP contribution in [0.5, 0.6) is 0 Å². The summed E-state index contributed by atoms with van der Waals surface area (Å²) in [5, 5.41) is 11.9. The second-order valence-electron chi connectivity index (χ2n) is 5.31. The van der Waals surface area contributed by atoms with Gasteiger partial charge >= 0.3 is 5.95 Å². The van der Waals surface area contributed by atoms with Gasteiger partial charge in [-0.1, -0.05) is 5.11 Å². The highest BCUT2D eigenvalue weighted by Gasteiger charge is 2.10. The molecule has 3 aromatic rings. The highest BCUT2D eigenvalue weighted by atomic mass is 15.3. The van der Waals surface area contributed by atoms with E-state index in [0.29, 0.717) is 0 Å². The molecule has 0 aliphatic carbocycles. The Morgan fingerprint density at radius 2 is 1.57 bits per heavy atom. The van der Waals surface area contributed by atoms with Gasteiger partial charge in [0.1, 0.15) is 5.69 Å². The van der Waals surface area contributed by atoms with E-state index in [2.05, 4.69) is 15.5 Å². The first kappa shape index (κ1) is 14.8. The van der Waals surface area contributed by atoms with Crippen LogP contribution < -0.4 is 15.6 Å². The van der Waals surface area contributed by atoms with E-state index >= 15 is 0 Å². The number of nitrogens with one attached hydrogen (secondary N) is 1. The van der Waals surface area contributed by atoms with Crippen LogP contribution in [0.3, 0.4) is 0 Å². The first-order valence-corrected chi connectivity index (χ1v) is 7.27. The van der Waals surface area contributed by atoms with E-state index in [1.54, 1.807) is 0 Å². The zero-order valence-electron chi connectivity index (χ0n) is 13.1. The molecule has 23 heavy (non-hydrogen) atoms. The summed E-state index contributed by atoms with van der Waals surface area (Å²) >= 11 is 0. The molecule has 0 spiro atoms. The van der Waals surface area contributed by atoms with Crippen LogP contribution in [0.25, 0.3) is 0 Å². The molecule has 3 N–H and O–H groups in total. The fourth-order valence-corrected chi connectivity index (χ4v) is 2.17. The number of nitrogen functional groups attached to an aromatic ring is 1. The van der Waals surface area contributed by atoms with Gasteiger partial charge in [-0.2, -0.15) is 0 Å². The number of imidazole rings is 1. The van der Waals surface area contributed by atoms with Gasteiger partial charge in [0.25, 0.3) is 0 Å². The minimum absolute atomic E-state index is 0.750. The van der Waals surface area contributed by atoms with Gasteiger partial charge in [0, 0.05) is 22.2 Å². The van der Waals surface area contributed by atoms with E-state index in [-0.39, 0.29) is 0 Å². The first-order valence-electron chi connectivity index (χ1n) is 7.27. The molecule has 0 radical (unpaired) electrons. The molecule has 2 aromatic carbocycles. The molecule has 0 saturated heterocycles. The lowest BCUT2D eigenvalue weighted by atomic mass is 10.2. The molecule has 6 heteroatoms. The lowest BCUT2D eigenvalue weighted by Crippen LogP contribution is -2.25. The standard InChI is InChI=1S/C17H18N6/c1-22-11-12-23(2)17(22)21-20-16-9-7-15(8-10-16)19-14-5-3-13(18)4-6-14/h3-12H,1-2H3,(H2,18,20)/p+1. The second kappa shape index (κ2) is 6.31. The molecule has 3 rings (SSSR count). The predicted octanol–water partition coefficient (Wildman–Crippen LogP) is 3.59. The van der Waals surface area contributed by atoms with Crippen LogP contribution in [0, 0.1) is 0 Å². The fourth-order valence-electron chi connectivity index (χ4n) is 2.17. The summed E-state index contributed by atoms with van der Waals surface area (Å²) < 4.78 is 3.83. The van der Waals surface area contributed by atoms with Crippen molar-refractivity contribution >= 4 is 28.7 Å². The van der Waals surface area contributed by atoms with Crippen molar-refractivity contribution in [1.82, 2.24) is 4.57 Å². The number of benzene rings is 2. The molecule has 0 bridgehead atoms. The lowest BCUT2D eigenvalue weighted by molar-refractivity contribution is -0.657. The number of hydrogen-bond donors (Lipinski definition) is 2. The molecular formula is C17H19N6+. The van der Waals surface area contributed by atoms with Gasteiger partial charge in [0.05, 0.1) is 26.5 Å². The Morgan fingerprint density at radius 3 is 2.13 bits per heavy atom. The van der Waals surface area contributed by atoms with Gasteiger partial charge in [-0.05, 0) is 48.5 Å². The number of aromatic nitrogens is 2. The van der Waals surface area contributed by atoms with Gasteiger partial charge in [-0.15, -0.1) is 0 Å². The largest absolute Gasteiger partial charge is 0.421 e. The Balaban J connectivity index is 1.71. The van der Waals surface area contributed by atoms with Crippen LogP contribution in [-0.4, -0.2) is 4.57 Å². The third-order valence-corrected chi connectivity index (χ3v) is 3.47. The van der Waals surface area contributed by atoms with Crippen LogP contribution in [-0.2, 0) is 14.1 Å². The van der Waals surface area contributed by atoms with Crippen LogP contribution in [0.1, 0.15) is 0 Å². The Bertz CT molecular complexity index is 796. The van der Waals surface area contributed by atoms with Crippen LogP contribution in [0.2, 0.25) is 0 Å². The van der Waals surface area contributed by atoms with Gasteiger partial charge in [0.15, 0.2) is 0 Å². The Hall–Kier alpha value is -3.15. The number of aryl methyl sites for hydroxylation is 2. The van der Waals surface area contributed by atoms with Gasteiger partial charge in [-0.25, -0.2) is 9.13 Å². The number of rotatable bonds is 4. The number of nitrogens with two attached hydrogens (primary N) is 1. The number of hydrogen-bond acceptors (Lipinski definition) is 4. The predicted molar refractivity (Wildman–Crippen MR) is 91.3 cm³/mol. The summed E-state index contributed by atoms with van der Waals surface area (Å²) in [4.78, 5) is 0. The highest BCUT2D eigenvalue weighted by Crippen LogP contribution is 2.22. The molecule has 0 atom stereocenters. The van der Waals surface area contributed by atoms with Gasteiger partial charge in [0.2, 0.25) is 0 Å². The number of nitrogens with zero attached hydrogens (tertiary/aromatic N) is 4. The number of azo groups is 1. The molecule has 0 fully saturated rings. The summed E-state index contributed by atoms with van der Waals surface area (Å²) in [5.74, 6) is 0.786. The number of anilines is 3. The monoisotopic (exact) mass is 307 g/mol. The summed E-state index contributed by atoms with van der Waals surface area (Å²) in [6.07, 6.45) is 3.88. The molecule has 1 heterocycles. The zero-order valence-corrected chi connectivity index (χ0v) is 13.1. The quantitative estimate of drug-likeness (QED) is 0.439. The molecule has 6 nitrogen and oxygen atoms in total. The summed E-state index contributed by atoms with van der Waals surface area (Å²) in [5.41, 5.74) is 9.21. The minimum atomic E-state index is 0.750. The summed E-state index contributed by atoms with van der Waals surface area (Å²) in [6, 6.07) is 15.4. The molecule has 1 aromatic heterocycles. The smallest absolute Gasteiger partial charge is 0.399 e.